The zero-order chi connectivity index (χ0) is 28.5. The number of benzene rings is 2. The van der Waals surface area contributed by atoms with Gasteiger partial charge in [0.1, 0.15) is 12.4 Å². The first-order valence-corrected chi connectivity index (χ1v) is 14.9. The van der Waals surface area contributed by atoms with Gasteiger partial charge in [0.15, 0.2) is 16.3 Å². The van der Waals surface area contributed by atoms with E-state index in [1.807, 2.05) is 60.7 Å². The lowest BCUT2D eigenvalue weighted by Gasteiger charge is -2.24. The number of carbonyl (C=O) groups is 1. The van der Waals surface area contributed by atoms with Crippen LogP contribution in [0, 0.1) is 5.92 Å². The van der Waals surface area contributed by atoms with E-state index < -0.39 is 12.0 Å². The molecule has 2 atom stereocenters. The molecule has 0 amide bonds. The number of esters is 1. The van der Waals surface area contributed by atoms with Gasteiger partial charge in [0.25, 0.3) is 5.56 Å². The molecular weight excluding hydrogens is 608 g/mol. The van der Waals surface area contributed by atoms with Crippen molar-refractivity contribution in [2.75, 3.05) is 13.4 Å². The molecule has 3 aromatic rings. The first-order valence-electron chi connectivity index (χ1n) is 13.3. The van der Waals surface area contributed by atoms with E-state index >= 15 is 0 Å². The van der Waals surface area contributed by atoms with Crippen molar-refractivity contribution in [1.29, 1.82) is 0 Å². The number of ether oxygens (including phenoxy) is 4. The first-order chi connectivity index (χ1) is 19.9. The molecule has 1 aromatic heterocycles. The number of fused-ring (bicyclic) bond motifs is 2. The van der Waals surface area contributed by atoms with Gasteiger partial charge in [0.05, 0.1) is 28.5 Å². The Hall–Kier alpha value is -3.89. The summed E-state index contributed by atoms with van der Waals surface area (Å²) < 4.78 is 25.5. The Bertz CT molecular complexity index is 1790. The Labute approximate surface area is 248 Å². The van der Waals surface area contributed by atoms with Gasteiger partial charge < -0.3 is 18.9 Å². The molecule has 0 fully saturated rings. The van der Waals surface area contributed by atoms with Gasteiger partial charge in [-0.2, -0.15) is 0 Å². The van der Waals surface area contributed by atoms with Gasteiger partial charge in [0, 0.05) is 10.4 Å². The summed E-state index contributed by atoms with van der Waals surface area (Å²) in [6.45, 7) is 4.33. The van der Waals surface area contributed by atoms with E-state index in [9.17, 15) is 9.59 Å². The topological polar surface area (TPSA) is 88.4 Å². The molecule has 0 N–H and O–H groups in total. The zero-order valence-corrected chi connectivity index (χ0v) is 24.9. The third-order valence-corrected chi connectivity index (χ3v) is 8.72. The van der Waals surface area contributed by atoms with E-state index in [1.54, 1.807) is 24.5 Å². The number of allylic oxidation sites excluding steroid dienone is 4. The largest absolute Gasteiger partial charge is 0.488 e. The summed E-state index contributed by atoms with van der Waals surface area (Å²) in [6, 6.07) is 14.7. The van der Waals surface area contributed by atoms with Crippen LogP contribution in [0.25, 0.3) is 6.08 Å². The van der Waals surface area contributed by atoms with Crippen LogP contribution >= 0.6 is 27.3 Å². The van der Waals surface area contributed by atoms with Crippen LogP contribution < -0.4 is 24.4 Å². The average molecular weight is 636 g/mol. The van der Waals surface area contributed by atoms with Gasteiger partial charge in [-0.25, -0.2) is 9.79 Å². The molecule has 8 nitrogen and oxygen atoms in total. The van der Waals surface area contributed by atoms with Gasteiger partial charge in [-0.15, -0.1) is 0 Å². The molecule has 0 radical (unpaired) electrons. The second-order valence-corrected chi connectivity index (χ2v) is 11.7. The normalized spacial score (nSPS) is 19.7. The van der Waals surface area contributed by atoms with Gasteiger partial charge >= 0.3 is 5.97 Å². The summed E-state index contributed by atoms with van der Waals surface area (Å²) in [7, 11) is 0. The summed E-state index contributed by atoms with van der Waals surface area (Å²) in [6.07, 6.45) is 6.58. The second-order valence-electron chi connectivity index (χ2n) is 9.71. The lowest BCUT2D eigenvalue weighted by atomic mass is 9.95. The van der Waals surface area contributed by atoms with Crippen molar-refractivity contribution in [3.05, 3.63) is 113 Å². The molecule has 6 rings (SSSR count). The maximum absolute atomic E-state index is 13.9. The number of carbonyl (C=O) groups excluding carboxylic acids is 1. The van der Waals surface area contributed by atoms with Gasteiger partial charge in [-0.1, -0.05) is 75.8 Å². The molecule has 1 aliphatic carbocycles. The number of halogens is 1. The van der Waals surface area contributed by atoms with Crippen molar-refractivity contribution in [3.8, 4) is 11.5 Å². The van der Waals surface area contributed by atoms with Crippen molar-refractivity contribution in [1.82, 2.24) is 4.57 Å². The van der Waals surface area contributed by atoms with E-state index in [-0.39, 0.29) is 24.9 Å². The fraction of sp³-hybridized carbons (Fsp3) is 0.258. The van der Waals surface area contributed by atoms with Crippen molar-refractivity contribution in [2.45, 2.75) is 32.9 Å². The number of hydrogen-bond acceptors (Lipinski definition) is 8. The van der Waals surface area contributed by atoms with Crippen molar-refractivity contribution < 1.29 is 23.7 Å². The Kier molecular flexibility index (Phi) is 7.68. The fourth-order valence-electron chi connectivity index (χ4n) is 5.05. The van der Waals surface area contributed by atoms with E-state index in [0.29, 0.717) is 50.7 Å². The third kappa shape index (κ3) is 5.41. The van der Waals surface area contributed by atoms with Crippen LogP contribution in [-0.4, -0.2) is 23.9 Å². The minimum absolute atomic E-state index is 0.0237. The fourth-order valence-corrected chi connectivity index (χ4v) is 6.77. The first kappa shape index (κ1) is 27.3. The number of hydrogen-bond donors (Lipinski definition) is 0. The minimum Gasteiger partial charge on any atom is -0.488 e. The Morgan fingerprint density at radius 2 is 2.00 bits per heavy atom. The summed E-state index contributed by atoms with van der Waals surface area (Å²) in [4.78, 5) is 32.2. The SMILES string of the molecule is CCOC(=O)C1=C(C)N=c2sc(=C[C@H]3C=CC(OCc4ccccc4)=C(Br)C3)c(=O)n2[C@H]1c1ccc2c(c1)OCO2. The van der Waals surface area contributed by atoms with Crippen LogP contribution in [0.3, 0.4) is 0 Å². The number of rotatable bonds is 7. The zero-order valence-electron chi connectivity index (χ0n) is 22.5. The summed E-state index contributed by atoms with van der Waals surface area (Å²) in [5.41, 5.74) is 2.43. The molecule has 0 saturated carbocycles. The smallest absolute Gasteiger partial charge is 0.338 e. The predicted molar refractivity (Wildman–Crippen MR) is 158 cm³/mol. The monoisotopic (exact) mass is 634 g/mol. The molecule has 3 heterocycles. The van der Waals surface area contributed by atoms with E-state index in [2.05, 4.69) is 20.9 Å². The molecule has 0 bridgehead atoms. The van der Waals surface area contributed by atoms with Crippen molar-refractivity contribution in [3.63, 3.8) is 0 Å². The molecule has 10 heteroatoms. The summed E-state index contributed by atoms with van der Waals surface area (Å²) in [5.74, 6) is 1.44. The lowest BCUT2D eigenvalue weighted by molar-refractivity contribution is -0.139. The van der Waals surface area contributed by atoms with Crippen LogP contribution in [0.15, 0.2) is 92.0 Å². The molecule has 3 aliphatic rings. The standard InChI is InChI=1S/C31H27BrN2O6S/c1-3-37-30(36)27-18(2)33-31-34(28(27)21-10-12-24-25(15-21)40-17-39-24)29(35)26(41-31)14-20-9-11-23(22(32)13-20)38-16-19-7-5-4-6-8-19/h4-12,14-15,20,28H,3,13,16-17H2,1-2H3/t20-,28-/m0/s1. The Morgan fingerprint density at radius 3 is 2.78 bits per heavy atom. The van der Waals surface area contributed by atoms with Gasteiger partial charge in [-0.05, 0) is 49.6 Å². The highest BCUT2D eigenvalue weighted by Gasteiger charge is 2.34. The minimum atomic E-state index is -0.714. The van der Waals surface area contributed by atoms with Crippen LogP contribution in [0.1, 0.15) is 37.4 Å². The number of nitrogens with zero attached hydrogens (tertiary/aromatic N) is 2. The van der Waals surface area contributed by atoms with E-state index in [4.69, 9.17) is 18.9 Å². The lowest BCUT2D eigenvalue weighted by Crippen LogP contribution is -2.40. The van der Waals surface area contributed by atoms with Crippen LogP contribution in [0.4, 0.5) is 0 Å². The van der Waals surface area contributed by atoms with Crippen LogP contribution in [-0.2, 0) is 20.9 Å². The molecular formula is C31H27BrN2O6S. The van der Waals surface area contributed by atoms with E-state index in [0.717, 1.165) is 15.8 Å². The molecule has 0 unspecified atom stereocenters. The maximum atomic E-state index is 13.9. The van der Waals surface area contributed by atoms with E-state index in [1.165, 1.54) is 11.3 Å². The molecule has 210 valence electrons. The Balaban J connectivity index is 1.34. The molecule has 2 aliphatic heterocycles. The summed E-state index contributed by atoms with van der Waals surface area (Å²) >= 11 is 4.98. The summed E-state index contributed by atoms with van der Waals surface area (Å²) in [5, 5.41) is 0. The molecule has 0 saturated heterocycles. The van der Waals surface area contributed by atoms with Crippen molar-refractivity contribution in [2.24, 2.45) is 10.9 Å². The predicted octanol–water partition coefficient (Wildman–Crippen LogP) is 4.88. The highest BCUT2D eigenvalue weighted by atomic mass is 79.9. The molecule has 41 heavy (non-hydrogen) atoms. The highest BCUT2D eigenvalue weighted by Crippen LogP contribution is 2.38. The second kappa shape index (κ2) is 11.5. The van der Waals surface area contributed by atoms with Crippen molar-refractivity contribution >= 4 is 39.3 Å². The maximum Gasteiger partial charge on any atom is 0.338 e. The quantitative estimate of drug-likeness (QED) is 0.344. The third-order valence-electron chi connectivity index (χ3n) is 7.01. The number of thiazole rings is 1. The number of aromatic nitrogens is 1. The van der Waals surface area contributed by atoms with Gasteiger partial charge in [0.2, 0.25) is 6.79 Å². The van der Waals surface area contributed by atoms with Crippen LogP contribution in [0.5, 0.6) is 11.5 Å². The van der Waals surface area contributed by atoms with Gasteiger partial charge in [-0.3, -0.25) is 9.36 Å². The Morgan fingerprint density at radius 1 is 1.20 bits per heavy atom. The average Bonchev–Trinajstić information content (AvgIpc) is 3.56. The molecule has 2 aromatic carbocycles. The van der Waals surface area contributed by atoms with Crippen LogP contribution in [0.2, 0.25) is 0 Å². The molecule has 0 spiro atoms. The highest BCUT2D eigenvalue weighted by molar-refractivity contribution is 9.11.